The van der Waals surface area contributed by atoms with Crippen molar-refractivity contribution in [3.05, 3.63) is 41.8 Å². The summed E-state index contributed by atoms with van der Waals surface area (Å²) >= 11 is 0. The fraction of sp³-hybridized carbons (Fsp3) is 0.214. The number of benzene rings is 1. The molecule has 106 valence electrons. The van der Waals surface area contributed by atoms with E-state index in [4.69, 9.17) is 19.3 Å². The molecule has 0 fully saturated rings. The maximum absolute atomic E-state index is 14.0. The van der Waals surface area contributed by atoms with Crippen molar-refractivity contribution < 1.29 is 23.7 Å². The van der Waals surface area contributed by atoms with E-state index in [1.165, 1.54) is 26.5 Å². The summed E-state index contributed by atoms with van der Waals surface area (Å²) in [4.78, 5) is 3.81. The van der Waals surface area contributed by atoms with E-state index in [-0.39, 0.29) is 17.2 Å². The summed E-state index contributed by atoms with van der Waals surface area (Å²) in [6, 6.07) is 6.41. The Morgan fingerprint density at radius 3 is 2.35 bits per heavy atom. The number of aliphatic hydroxyl groups is 1. The van der Waals surface area contributed by atoms with Gasteiger partial charge in [-0.05, 0) is 18.2 Å². The van der Waals surface area contributed by atoms with Crippen LogP contribution in [-0.4, -0.2) is 24.3 Å². The average Bonchev–Trinajstić information content (AvgIpc) is 2.49. The first-order valence-corrected chi connectivity index (χ1v) is 5.84. The third kappa shape index (κ3) is 2.65. The van der Waals surface area contributed by atoms with Crippen LogP contribution in [0.2, 0.25) is 0 Å². The van der Waals surface area contributed by atoms with Gasteiger partial charge >= 0.3 is 0 Å². The number of nitrogens with zero attached hydrogens (tertiary/aromatic N) is 1. The highest BCUT2D eigenvalue weighted by atomic mass is 19.1. The first kappa shape index (κ1) is 14.1. The standard InChI is InChI=1S/C14H14FNO4/c1-18-10-4-3-5-11(19-2)13(10)20-14-12(15)9(8-17)6-7-16-14/h3-7,17H,8H2,1-2H3. The molecule has 0 aliphatic rings. The van der Waals surface area contributed by atoms with Crippen LogP contribution in [0.5, 0.6) is 23.1 Å². The Morgan fingerprint density at radius 2 is 1.80 bits per heavy atom. The van der Waals surface area contributed by atoms with E-state index >= 15 is 0 Å². The number of pyridine rings is 1. The zero-order valence-electron chi connectivity index (χ0n) is 11.1. The summed E-state index contributed by atoms with van der Waals surface area (Å²) in [5.41, 5.74) is 0.101. The van der Waals surface area contributed by atoms with Gasteiger partial charge in [0.15, 0.2) is 17.3 Å². The Hall–Kier alpha value is -2.34. The van der Waals surface area contributed by atoms with Crippen molar-refractivity contribution in [2.75, 3.05) is 14.2 Å². The Labute approximate surface area is 115 Å². The molecular formula is C14H14FNO4. The van der Waals surface area contributed by atoms with Gasteiger partial charge in [0, 0.05) is 11.8 Å². The number of halogens is 1. The predicted molar refractivity (Wildman–Crippen MR) is 69.7 cm³/mol. The molecule has 0 saturated heterocycles. The molecular weight excluding hydrogens is 265 g/mol. The third-order valence-corrected chi connectivity index (χ3v) is 2.69. The number of ether oxygens (including phenoxy) is 3. The summed E-state index contributed by atoms with van der Waals surface area (Å²) in [5.74, 6) is 0.0289. The lowest BCUT2D eigenvalue weighted by Crippen LogP contribution is -2.00. The van der Waals surface area contributed by atoms with Crippen LogP contribution in [0.25, 0.3) is 0 Å². The van der Waals surface area contributed by atoms with Crippen molar-refractivity contribution in [1.29, 1.82) is 0 Å². The van der Waals surface area contributed by atoms with Gasteiger partial charge in [0.05, 0.1) is 20.8 Å². The van der Waals surface area contributed by atoms with Crippen LogP contribution in [0.3, 0.4) is 0 Å². The molecule has 6 heteroatoms. The normalized spacial score (nSPS) is 10.2. The Kier molecular flexibility index (Phi) is 4.37. The molecule has 0 spiro atoms. The summed E-state index contributed by atoms with van der Waals surface area (Å²) in [7, 11) is 2.94. The van der Waals surface area contributed by atoms with Crippen LogP contribution in [0.15, 0.2) is 30.5 Å². The molecule has 1 aromatic heterocycles. The minimum Gasteiger partial charge on any atom is -0.493 e. The van der Waals surface area contributed by atoms with Crippen molar-refractivity contribution in [2.45, 2.75) is 6.61 Å². The van der Waals surface area contributed by atoms with Crippen LogP contribution in [0.4, 0.5) is 4.39 Å². The maximum Gasteiger partial charge on any atom is 0.256 e. The van der Waals surface area contributed by atoms with E-state index in [0.29, 0.717) is 11.5 Å². The molecule has 0 atom stereocenters. The van der Waals surface area contributed by atoms with Gasteiger partial charge < -0.3 is 19.3 Å². The van der Waals surface area contributed by atoms with Gasteiger partial charge in [-0.1, -0.05) is 6.07 Å². The molecule has 1 aromatic carbocycles. The lowest BCUT2D eigenvalue weighted by molar-refractivity contribution is 0.272. The van der Waals surface area contributed by atoms with Crippen molar-refractivity contribution in [1.82, 2.24) is 4.98 Å². The summed E-state index contributed by atoms with van der Waals surface area (Å²) in [5, 5.41) is 9.04. The van der Waals surface area contributed by atoms with Crippen LogP contribution >= 0.6 is 0 Å². The quantitative estimate of drug-likeness (QED) is 0.911. The number of aliphatic hydroxyl groups excluding tert-OH is 1. The lowest BCUT2D eigenvalue weighted by Gasteiger charge is -2.14. The van der Waals surface area contributed by atoms with E-state index in [1.54, 1.807) is 18.2 Å². The fourth-order valence-electron chi connectivity index (χ4n) is 1.67. The molecule has 1 heterocycles. The first-order valence-electron chi connectivity index (χ1n) is 5.84. The summed E-state index contributed by atoms with van der Waals surface area (Å²) < 4.78 is 29.8. The van der Waals surface area contributed by atoms with Gasteiger partial charge in [0.2, 0.25) is 5.75 Å². The van der Waals surface area contributed by atoms with Crippen molar-refractivity contribution in [2.24, 2.45) is 0 Å². The van der Waals surface area contributed by atoms with Gasteiger partial charge in [-0.15, -0.1) is 0 Å². The molecule has 5 nitrogen and oxygen atoms in total. The SMILES string of the molecule is COc1cccc(OC)c1Oc1nccc(CO)c1F. The number of para-hydroxylation sites is 1. The smallest absolute Gasteiger partial charge is 0.256 e. The largest absolute Gasteiger partial charge is 0.493 e. The van der Waals surface area contributed by atoms with Gasteiger partial charge in [-0.25, -0.2) is 9.37 Å². The Bertz CT molecular complexity index is 581. The highest BCUT2D eigenvalue weighted by Gasteiger charge is 2.17. The van der Waals surface area contributed by atoms with Crippen molar-refractivity contribution in [3.8, 4) is 23.1 Å². The van der Waals surface area contributed by atoms with Gasteiger partial charge in [0.25, 0.3) is 5.88 Å². The van der Waals surface area contributed by atoms with E-state index in [2.05, 4.69) is 4.98 Å². The monoisotopic (exact) mass is 279 g/mol. The predicted octanol–water partition coefficient (Wildman–Crippen LogP) is 2.52. The molecule has 0 aliphatic heterocycles. The Balaban J connectivity index is 2.44. The summed E-state index contributed by atoms with van der Waals surface area (Å²) in [6.45, 7) is -0.437. The minimum absolute atomic E-state index is 0.101. The van der Waals surface area contributed by atoms with E-state index in [0.717, 1.165) is 0 Å². The van der Waals surface area contributed by atoms with E-state index in [1.807, 2.05) is 0 Å². The van der Waals surface area contributed by atoms with Crippen molar-refractivity contribution >= 4 is 0 Å². The van der Waals surface area contributed by atoms with Gasteiger partial charge in [-0.3, -0.25) is 0 Å². The summed E-state index contributed by atoms with van der Waals surface area (Å²) in [6.07, 6.45) is 1.35. The average molecular weight is 279 g/mol. The number of hydrogen-bond donors (Lipinski definition) is 1. The molecule has 0 amide bonds. The zero-order valence-corrected chi connectivity index (χ0v) is 11.1. The highest BCUT2D eigenvalue weighted by molar-refractivity contribution is 5.52. The second-order valence-corrected chi connectivity index (χ2v) is 3.84. The second-order valence-electron chi connectivity index (χ2n) is 3.84. The topological polar surface area (TPSA) is 60.8 Å². The molecule has 2 rings (SSSR count). The third-order valence-electron chi connectivity index (χ3n) is 2.69. The van der Waals surface area contributed by atoms with Crippen LogP contribution in [0, 0.1) is 5.82 Å². The molecule has 0 bridgehead atoms. The molecule has 1 N–H and O–H groups in total. The molecule has 0 radical (unpaired) electrons. The number of aromatic nitrogens is 1. The van der Waals surface area contributed by atoms with Crippen LogP contribution in [0.1, 0.15) is 5.56 Å². The van der Waals surface area contributed by atoms with E-state index < -0.39 is 12.4 Å². The van der Waals surface area contributed by atoms with Crippen LogP contribution in [-0.2, 0) is 6.61 Å². The number of methoxy groups -OCH3 is 2. The highest BCUT2D eigenvalue weighted by Crippen LogP contribution is 2.40. The molecule has 0 aliphatic carbocycles. The van der Waals surface area contributed by atoms with Crippen molar-refractivity contribution in [3.63, 3.8) is 0 Å². The fourth-order valence-corrected chi connectivity index (χ4v) is 1.67. The molecule has 2 aromatic rings. The van der Waals surface area contributed by atoms with E-state index in [9.17, 15) is 4.39 Å². The lowest BCUT2D eigenvalue weighted by atomic mass is 10.2. The van der Waals surface area contributed by atoms with Gasteiger partial charge in [-0.2, -0.15) is 0 Å². The second kappa shape index (κ2) is 6.21. The maximum atomic E-state index is 14.0. The minimum atomic E-state index is -0.719. The van der Waals surface area contributed by atoms with Crippen LogP contribution < -0.4 is 14.2 Å². The molecule has 0 unspecified atom stereocenters. The van der Waals surface area contributed by atoms with Gasteiger partial charge in [0.1, 0.15) is 0 Å². The molecule has 20 heavy (non-hydrogen) atoms. The number of rotatable bonds is 5. The Morgan fingerprint density at radius 1 is 1.15 bits per heavy atom. The molecule has 0 saturated carbocycles. The number of hydrogen-bond acceptors (Lipinski definition) is 5. The zero-order chi connectivity index (χ0) is 14.5. The first-order chi connectivity index (χ1) is 9.71.